The van der Waals surface area contributed by atoms with E-state index in [1.54, 1.807) is 13.8 Å². The zero-order chi connectivity index (χ0) is 26.4. The molecule has 15 heteroatoms. The van der Waals surface area contributed by atoms with Crippen LogP contribution in [-0.4, -0.2) is 48.8 Å². The first kappa shape index (κ1) is 30.0. The first-order valence-corrected chi connectivity index (χ1v) is 12.6. The zero-order valence-electron chi connectivity index (χ0n) is 21.5. The molecule has 5 aromatic heterocycles. The van der Waals surface area contributed by atoms with Gasteiger partial charge in [0, 0.05) is 17.1 Å². The number of hydrogen-bond donors (Lipinski definition) is 0. The van der Waals surface area contributed by atoms with Crippen LogP contribution in [0.5, 0.6) is 0 Å². The fourth-order valence-corrected chi connectivity index (χ4v) is 3.18. The highest BCUT2D eigenvalue weighted by Crippen LogP contribution is 2.04. The van der Waals surface area contributed by atoms with Crippen molar-refractivity contribution in [3.8, 4) is 0 Å². The molecule has 35 heavy (non-hydrogen) atoms. The van der Waals surface area contributed by atoms with Crippen LogP contribution in [0.1, 0.15) is 55.4 Å². The fourth-order valence-electron chi connectivity index (χ4n) is 1.76. The zero-order valence-corrected chi connectivity index (χ0v) is 24.0. The van der Waals surface area contributed by atoms with Crippen LogP contribution >= 0.6 is 34.6 Å². The summed E-state index contributed by atoms with van der Waals surface area (Å²) in [4.78, 5) is 13.1. The summed E-state index contributed by atoms with van der Waals surface area (Å²) < 4.78 is 20.8. The minimum atomic E-state index is 0.623. The van der Waals surface area contributed by atoms with Gasteiger partial charge in [0.25, 0.3) is 0 Å². The van der Waals surface area contributed by atoms with Crippen molar-refractivity contribution < 1.29 is 9.05 Å². The molecule has 0 amide bonds. The lowest BCUT2D eigenvalue weighted by atomic mass is 10.4. The third-order valence-electron chi connectivity index (χ3n) is 3.64. The average molecular weight is 539 g/mol. The summed E-state index contributed by atoms with van der Waals surface area (Å²) in [5.74, 6) is 3.86. The maximum absolute atomic E-state index is 4.60. The van der Waals surface area contributed by atoms with E-state index in [1.807, 2.05) is 55.4 Å². The van der Waals surface area contributed by atoms with Gasteiger partial charge in [-0.05, 0) is 96.9 Å². The monoisotopic (exact) mass is 538 g/mol. The first-order valence-electron chi connectivity index (χ1n) is 10.3. The molecule has 5 rings (SSSR count). The van der Waals surface area contributed by atoms with Gasteiger partial charge in [-0.3, -0.25) is 0 Å². The maximum Gasteiger partial charge on any atom is 0.223 e. The number of rotatable bonds is 0. The third-order valence-corrected chi connectivity index (χ3v) is 5.80. The molecule has 5 aromatic rings. The van der Waals surface area contributed by atoms with E-state index in [1.165, 1.54) is 39.5 Å². The van der Waals surface area contributed by atoms with Gasteiger partial charge in [0.1, 0.15) is 27.4 Å². The highest BCUT2D eigenvalue weighted by molar-refractivity contribution is 7.05. The Labute approximate surface area is 216 Å². The lowest BCUT2D eigenvalue weighted by molar-refractivity contribution is 0.373. The summed E-state index contributed by atoms with van der Waals surface area (Å²) in [5, 5.41) is 16.3. The van der Waals surface area contributed by atoms with E-state index in [-0.39, 0.29) is 0 Å². The standard InChI is InChI=1S/2C4H6N2O.3C4H6N2S/c1-3-5-4(2)7-6-3;1-3-4(2)7-6-5-3;2*1-3-5-4(2)7-6-3;1-3-4(2)7-6-5-3/h5*1-2H3. The molecule has 0 radical (unpaired) electrons. The number of nitrogens with zero attached hydrogens (tertiary/aromatic N) is 10. The molecule has 12 nitrogen and oxygen atoms in total. The number of hydrogen-bond acceptors (Lipinski definition) is 15. The van der Waals surface area contributed by atoms with Crippen molar-refractivity contribution in [1.82, 2.24) is 48.8 Å². The second-order valence-electron chi connectivity index (χ2n) is 6.91. The van der Waals surface area contributed by atoms with E-state index in [9.17, 15) is 0 Å². The molecule has 0 saturated carbocycles. The van der Waals surface area contributed by atoms with Gasteiger partial charge in [-0.1, -0.05) is 9.64 Å². The van der Waals surface area contributed by atoms with E-state index in [0.29, 0.717) is 11.7 Å². The van der Waals surface area contributed by atoms with E-state index in [0.717, 1.165) is 38.8 Å². The minimum Gasteiger partial charge on any atom is -0.342 e. The second kappa shape index (κ2) is 15.8. The van der Waals surface area contributed by atoms with Crippen molar-refractivity contribution in [2.24, 2.45) is 0 Å². The quantitative estimate of drug-likeness (QED) is 0.265. The van der Waals surface area contributed by atoms with Crippen LogP contribution < -0.4 is 0 Å². The van der Waals surface area contributed by atoms with Crippen molar-refractivity contribution in [2.75, 3.05) is 0 Å². The predicted octanol–water partition coefficient (Wildman–Crippen LogP) is 4.84. The summed E-state index contributed by atoms with van der Waals surface area (Å²) in [6.45, 7) is 18.9. The lowest BCUT2D eigenvalue weighted by Crippen LogP contribution is -1.70. The highest BCUT2D eigenvalue weighted by Gasteiger charge is 1.94. The van der Waals surface area contributed by atoms with E-state index in [2.05, 4.69) is 57.9 Å². The molecule has 0 aliphatic rings. The van der Waals surface area contributed by atoms with Crippen LogP contribution in [0.2, 0.25) is 0 Å². The van der Waals surface area contributed by atoms with Gasteiger partial charge in [0.2, 0.25) is 5.89 Å². The fraction of sp³-hybridized carbons (Fsp3) is 0.500. The summed E-state index contributed by atoms with van der Waals surface area (Å²) in [6, 6.07) is 0. The second-order valence-corrected chi connectivity index (χ2v) is 9.78. The van der Waals surface area contributed by atoms with Crippen molar-refractivity contribution in [3.63, 3.8) is 0 Å². The Balaban J connectivity index is 0.000000219. The molecule has 0 unspecified atom stereocenters. The molecule has 0 N–H and O–H groups in total. The van der Waals surface area contributed by atoms with Gasteiger partial charge in [-0.25, -0.2) is 9.97 Å². The topological polar surface area (TPSA) is 155 Å². The Morgan fingerprint density at radius 1 is 0.571 bits per heavy atom. The molecule has 0 bridgehead atoms. The third kappa shape index (κ3) is 13.4. The summed E-state index contributed by atoms with van der Waals surface area (Å²) >= 11 is 4.33. The molecular formula is C20H30N10O2S3. The number of aryl methyl sites for hydroxylation is 10. The Morgan fingerprint density at radius 2 is 1.14 bits per heavy atom. The molecule has 0 spiro atoms. The molecule has 0 aliphatic heterocycles. The summed E-state index contributed by atoms with van der Waals surface area (Å²) in [6.07, 6.45) is 0. The normalized spacial score (nSPS) is 9.43. The van der Waals surface area contributed by atoms with Crippen molar-refractivity contribution in [1.29, 1.82) is 0 Å². The SMILES string of the molecule is Cc1nnoc1C.Cc1nnsc1C.Cc1noc(C)n1.Cc1nsc(C)n1.Cc1nsc(C)n1. The van der Waals surface area contributed by atoms with E-state index >= 15 is 0 Å². The van der Waals surface area contributed by atoms with Crippen LogP contribution in [-0.2, 0) is 0 Å². The summed E-state index contributed by atoms with van der Waals surface area (Å²) in [5.41, 5.74) is 1.91. The van der Waals surface area contributed by atoms with Crippen LogP contribution in [0.3, 0.4) is 0 Å². The maximum atomic E-state index is 4.60. The highest BCUT2D eigenvalue weighted by atomic mass is 32.1. The molecule has 0 fully saturated rings. The Kier molecular flexibility index (Phi) is 13.5. The van der Waals surface area contributed by atoms with Crippen LogP contribution in [0.4, 0.5) is 0 Å². The predicted molar refractivity (Wildman–Crippen MR) is 136 cm³/mol. The Hall–Kier alpha value is -3.04. The van der Waals surface area contributed by atoms with Gasteiger partial charge < -0.3 is 9.05 Å². The molecular weight excluding hydrogens is 508 g/mol. The molecule has 0 atom stereocenters. The van der Waals surface area contributed by atoms with Gasteiger partial charge in [-0.15, -0.1) is 10.2 Å². The lowest BCUT2D eigenvalue weighted by Gasteiger charge is -1.74. The molecule has 0 aromatic carbocycles. The van der Waals surface area contributed by atoms with Gasteiger partial charge in [0.05, 0.1) is 5.69 Å². The van der Waals surface area contributed by atoms with Gasteiger partial charge in [-0.2, -0.15) is 13.7 Å². The van der Waals surface area contributed by atoms with Crippen LogP contribution in [0, 0.1) is 69.2 Å². The summed E-state index contributed by atoms with van der Waals surface area (Å²) in [7, 11) is 0. The van der Waals surface area contributed by atoms with E-state index in [4.69, 9.17) is 0 Å². The van der Waals surface area contributed by atoms with E-state index < -0.39 is 0 Å². The van der Waals surface area contributed by atoms with Crippen LogP contribution in [0.15, 0.2) is 9.05 Å². The van der Waals surface area contributed by atoms with Crippen molar-refractivity contribution in [2.45, 2.75) is 69.2 Å². The van der Waals surface area contributed by atoms with Crippen molar-refractivity contribution >= 4 is 34.6 Å². The molecule has 190 valence electrons. The average Bonchev–Trinajstić information content (AvgIpc) is 3.61. The first-order chi connectivity index (χ1) is 16.5. The number of aromatic nitrogens is 10. The molecule has 5 heterocycles. The molecule has 0 aliphatic carbocycles. The Bertz CT molecular complexity index is 1030. The largest absolute Gasteiger partial charge is 0.342 e. The van der Waals surface area contributed by atoms with Crippen LogP contribution in [0.25, 0.3) is 0 Å². The van der Waals surface area contributed by atoms with Gasteiger partial charge >= 0.3 is 0 Å². The van der Waals surface area contributed by atoms with Gasteiger partial charge in [0.15, 0.2) is 11.6 Å². The smallest absolute Gasteiger partial charge is 0.223 e. The Morgan fingerprint density at radius 3 is 1.26 bits per heavy atom. The molecule has 0 saturated heterocycles. The van der Waals surface area contributed by atoms with Crippen molar-refractivity contribution in [3.05, 3.63) is 55.4 Å². The minimum absolute atomic E-state index is 0.623.